The second-order valence-corrected chi connectivity index (χ2v) is 4.58. The molecule has 1 saturated heterocycles. The van der Waals surface area contributed by atoms with Crippen LogP contribution >= 0.6 is 0 Å². The maximum absolute atomic E-state index is 10.5. The van der Waals surface area contributed by atoms with Crippen molar-refractivity contribution in [2.45, 2.75) is 51.0 Å². The van der Waals surface area contributed by atoms with Crippen LogP contribution in [0.4, 0.5) is 0 Å². The van der Waals surface area contributed by atoms with Crippen LogP contribution in [0.2, 0.25) is 0 Å². The zero-order valence-electron chi connectivity index (χ0n) is 8.22. The normalized spacial score (nSPS) is 32.2. The van der Waals surface area contributed by atoms with Gasteiger partial charge in [-0.3, -0.25) is 0 Å². The quantitative estimate of drug-likeness (QED) is 0.659. The summed E-state index contributed by atoms with van der Waals surface area (Å²) in [5.74, 6) is 0. The Morgan fingerprint density at radius 1 is 1.23 bits per heavy atom. The van der Waals surface area contributed by atoms with Gasteiger partial charge in [-0.05, 0) is 31.2 Å². The Morgan fingerprint density at radius 2 is 2.00 bits per heavy atom. The molecule has 1 aliphatic heterocycles. The average Bonchev–Trinajstić information content (AvgIpc) is 2.52. The van der Waals surface area contributed by atoms with Crippen molar-refractivity contribution in [3.63, 3.8) is 0 Å². The van der Waals surface area contributed by atoms with E-state index >= 15 is 0 Å². The summed E-state index contributed by atoms with van der Waals surface area (Å²) >= 11 is 0. The monoisotopic (exact) mass is 181 g/mol. The molecule has 0 aromatic rings. The van der Waals surface area contributed by atoms with Gasteiger partial charge in [-0.25, -0.2) is 0 Å². The van der Waals surface area contributed by atoms with Gasteiger partial charge in [0, 0.05) is 12.5 Å². The maximum atomic E-state index is 10.5. The van der Waals surface area contributed by atoms with Crippen molar-refractivity contribution in [3.05, 3.63) is 0 Å². The maximum Gasteiger partial charge on any atom is 0.121 e. The van der Waals surface area contributed by atoms with Crippen molar-refractivity contribution in [3.8, 4) is 0 Å². The van der Waals surface area contributed by atoms with Crippen LogP contribution in [0.3, 0.4) is 0 Å². The molecule has 0 aromatic carbocycles. The molecule has 0 unspecified atom stereocenters. The van der Waals surface area contributed by atoms with Crippen LogP contribution in [0.15, 0.2) is 0 Å². The van der Waals surface area contributed by atoms with Crippen molar-refractivity contribution in [1.29, 1.82) is 0 Å². The zero-order valence-corrected chi connectivity index (χ0v) is 8.22. The number of carbonyl (C=O) groups is 1. The van der Waals surface area contributed by atoms with Crippen LogP contribution in [-0.2, 0) is 4.79 Å². The molecular formula is C11H19NO. The van der Waals surface area contributed by atoms with Crippen molar-refractivity contribution >= 4 is 6.29 Å². The summed E-state index contributed by atoms with van der Waals surface area (Å²) in [4.78, 5) is 10.5. The lowest BCUT2D eigenvalue weighted by molar-refractivity contribution is -0.108. The zero-order chi connectivity index (χ0) is 9.15. The summed E-state index contributed by atoms with van der Waals surface area (Å²) < 4.78 is 0. The van der Waals surface area contributed by atoms with Gasteiger partial charge in [-0.2, -0.15) is 0 Å². The summed E-state index contributed by atoms with van der Waals surface area (Å²) in [6, 6.07) is 0.491. The Morgan fingerprint density at radius 3 is 2.69 bits per heavy atom. The Balaban J connectivity index is 2.04. The highest BCUT2D eigenvalue weighted by Crippen LogP contribution is 2.45. The molecule has 1 saturated carbocycles. The summed E-state index contributed by atoms with van der Waals surface area (Å²) in [5.41, 5.74) is 0.499. The van der Waals surface area contributed by atoms with E-state index in [9.17, 15) is 4.79 Å². The summed E-state index contributed by atoms with van der Waals surface area (Å²) in [6.45, 7) is 1.12. The minimum atomic E-state index is 0.491. The molecule has 2 aliphatic rings. The van der Waals surface area contributed by atoms with Crippen LogP contribution < -0.4 is 5.32 Å². The SMILES string of the molecule is O=CC[C@H]1NCCC12CCCCC2. The van der Waals surface area contributed by atoms with E-state index < -0.39 is 0 Å². The number of aldehydes is 1. The lowest BCUT2D eigenvalue weighted by Gasteiger charge is -2.37. The van der Waals surface area contributed by atoms with Crippen molar-refractivity contribution in [2.75, 3.05) is 6.54 Å². The topological polar surface area (TPSA) is 29.1 Å². The van der Waals surface area contributed by atoms with Gasteiger partial charge >= 0.3 is 0 Å². The minimum absolute atomic E-state index is 0.491. The first kappa shape index (κ1) is 9.20. The van der Waals surface area contributed by atoms with Crippen LogP contribution in [0.1, 0.15) is 44.9 Å². The Kier molecular flexibility index (Phi) is 2.68. The van der Waals surface area contributed by atoms with Gasteiger partial charge in [-0.1, -0.05) is 19.3 Å². The number of carbonyl (C=O) groups excluding carboxylic acids is 1. The first-order valence-corrected chi connectivity index (χ1v) is 5.54. The Hall–Kier alpha value is -0.370. The molecule has 0 radical (unpaired) electrons. The lowest BCUT2D eigenvalue weighted by Crippen LogP contribution is -2.38. The third-order valence-electron chi connectivity index (χ3n) is 3.93. The van der Waals surface area contributed by atoms with Gasteiger partial charge in [0.15, 0.2) is 0 Å². The molecule has 2 heteroatoms. The van der Waals surface area contributed by atoms with E-state index in [4.69, 9.17) is 0 Å². The van der Waals surface area contributed by atoms with E-state index in [0.29, 0.717) is 11.5 Å². The predicted molar refractivity (Wildman–Crippen MR) is 52.6 cm³/mol. The molecule has 1 N–H and O–H groups in total. The van der Waals surface area contributed by atoms with Gasteiger partial charge < -0.3 is 10.1 Å². The highest BCUT2D eigenvalue weighted by Gasteiger charge is 2.42. The number of nitrogens with one attached hydrogen (secondary N) is 1. The third-order valence-corrected chi connectivity index (χ3v) is 3.93. The van der Waals surface area contributed by atoms with Crippen molar-refractivity contribution in [2.24, 2.45) is 5.41 Å². The average molecular weight is 181 g/mol. The molecular weight excluding hydrogens is 162 g/mol. The van der Waals surface area contributed by atoms with Gasteiger partial charge in [0.1, 0.15) is 6.29 Å². The van der Waals surface area contributed by atoms with Crippen LogP contribution in [0.5, 0.6) is 0 Å². The number of hydrogen-bond acceptors (Lipinski definition) is 2. The first-order chi connectivity index (χ1) is 6.37. The van der Waals surface area contributed by atoms with E-state index in [1.807, 2.05) is 0 Å². The van der Waals surface area contributed by atoms with Crippen molar-refractivity contribution < 1.29 is 4.79 Å². The summed E-state index contributed by atoms with van der Waals surface area (Å²) in [5, 5.41) is 3.49. The molecule has 2 nitrogen and oxygen atoms in total. The van der Waals surface area contributed by atoms with Gasteiger partial charge in [-0.15, -0.1) is 0 Å². The van der Waals surface area contributed by atoms with Gasteiger partial charge in [0.05, 0.1) is 0 Å². The first-order valence-electron chi connectivity index (χ1n) is 5.54. The fraction of sp³-hybridized carbons (Fsp3) is 0.909. The highest BCUT2D eigenvalue weighted by molar-refractivity contribution is 5.51. The highest BCUT2D eigenvalue weighted by atomic mass is 16.1. The Labute approximate surface area is 80.1 Å². The van der Waals surface area contributed by atoms with E-state index in [2.05, 4.69) is 5.32 Å². The van der Waals surface area contributed by atoms with E-state index in [-0.39, 0.29) is 0 Å². The molecule has 0 bridgehead atoms. The van der Waals surface area contributed by atoms with Crippen molar-refractivity contribution in [1.82, 2.24) is 5.32 Å². The molecule has 2 rings (SSSR count). The fourth-order valence-electron chi connectivity index (χ4n) is 3.17. The fourth-order valence-corrected chi connectivity index (χ4v) is 3.17. The standard InChI is InChI=1S/C11H19NO/c13-9-4-10-11(7-8-12-10)5-2-1-3-6-11/h9-10,12H,1-8H2/t10-/m1/s1. The second-order valence-electron chi connectivity index (χ2n) is 4.58. The molecule has 1 heterocycles. The van der Waals surface area contributed by atoms with Crippen LogP contribution in [0, 0.1) is 5.41 Å². The minimum Gasteiger partial charge on any atom is -0.313 e. The summed E-state index contributed by atoms with van der Waals surface area (Å²) in [7, 11) is 0. The second kappa shape index (κ2) is 3.79. The number of rotatable bonds is 2. The lowest BCUT2D eigenvalue weighted by atomic mass is 9.68. The Bertz CT molecular complexity index is 185. The molecule has 1 atom stereocenters. The molecule has 0 amide bonds. The van der Waals surface area contributed by atoms with Gasteiger partial charge in [0.25, 0.3) is 0 Å². The van der Waals surface area contributed by atoms with E-state index in [0.717, 1.165) is 19.3 Å². The van der Waals surface area contributed by atoms with Crippen LogP contribution in [0.25, 0.3) is 0 Å². The smallest absolute Gasteiger partial charge is 0.121 e. The largest absolute Gasteiger partial charge is 0.313 e. The van der Waals surface area contributed by atoms with E-state index in [1.54, 1.807) is 0 Å². The predicted octanol–water partition coefficient (Wildman–Crippen LogP) is 1.89. The van der Waals surface area contributed by atoms with Gasteiger partial charge in [0.2, 0.25) is 0 Å². The molecule has 74 valence electrons. The molecule has 1 aliphatic carbocycles. The summed E-state index contributed by atoms with van der Waals surface area (Å²) in [6.07, 6.45) is 9.94. The van der Waals surface area contributed by atoms with E-state index in [1.165, 1.54) is 38.5 Å². The van der Waals surface area contributed by atoms with Crippen LogP contribution in [-0.4, -0.2) is 18.9 Å². The number of hydrogen-bond donors (Lipinski definition) is 1. The molecule has 0 aromatic heterocycles. The molecule has 13 heavy (non-hydrogen) atoms. The molecule has 1 spiro atoms. The third kappa shape index (κ3) is 1.64. The molecule has 2 fully saturated rings.